The van der Waals surface area contributed by atoms with Gasteiger partial charge in [0.2, 0.25) is 0 Å². The second-order valence-electron chi connectivity index (χ2n) is 4.44. The van der Waals surface area contributed by atoms with E-state index in [1.165, 1.54) is 24.6 Å². The van der Waals surface area contributed by atoms with Crippen molar-refractivity contribution in [2.45, 2.75) is 13.1 Å². The zero-order valence-electron chi connectivity index (χ0n) is 11.7. The number of amides is 1. The van der Waals surface area contributed by atoms with Gasteiger partial charge in [-0.25, -0.2) is 4.39 Å². The summed E-state index contributed by atoms with van der Waals surface area (Å²) in [5.41, 5.74) is 0.646. The lowest BCUT2D eigenvalue weighted by molar-refractivity contribution is -0.117. The van der Waals surface area contributed by atoms with E-state index < -0.39 is 5.91 Å². The Morgan fingerprint density at radius 3 is 2.86 bits per heavy atom. The molecule has 0 spiro atoms. The van der Waals surface area contributed by atoms with Gasteiger partial charge in [0, 0.05) is 12.7 Å². The fourth-order valence-electron chi connectivity index (χ4n) is 1.74. The molecule has 0 saturated carbocycles. The van der Waals surface area contributed by atoms with Crippen LogP contribution >= 0.6 is 0 Å². The van der Waals surface area contributed by atoms with E-state index in [9.17, 15) is 9.18 Å². The quantitative estimate of drug-likeness (QED) is 0.633. The van der Waals surface area contributed by atoms with Crippen molar-refractivity contribution in [3.63, 3.8) is 0 Å². The van der Waals surface area contributed by atoms with Crippen LogP contribution in [0.4, 0.5) is 4.39 Å². The second kappa shape index (κ2) is 7.64. The van der Waals surface area contributed by atoms with Crippen molar-refractivity contribution >= 4 is 5.91 Å². The van der Waals surface area contributed by atoms with E-state index in [0.717, 1.165) is 0 Å². The lowest BCUT2D eigenvalue weighted by Crippen LogP contribution is -2.25. The first-order chi connectivity index (χ1) is 10.7. The van der Waals surface area contributed by atoms with Crippen molar-refractivity contribution in [2.24, 2.45) is 0 Å². The molecule has 0 aliphatic rings. The summed E-state index contributed by atoms with van der Waals surface area (Å²) in [7, 11) is 0. The van der Waals surface area contributed by atoms with Crippen LogP contribution in [0.3, 0.4) is 0 Å². The van der Waals surface area contributed by atoms with Gasteiger partial charge >= 0.3 is 0 Å². The van der Waals surface area contributed by atoms with E-state index in [1.807, 2.05) is 6.07 Å². The van der Waals surface area contributed by atoms with E-state index in [1.54, 1.807) is 24.3 Å². The maximum atomic E-state index is 13.0. The molecule has 2 N–H and O–H groups in total. The highest BCUT2D eigenvalue weighted by Crippen LogP contribution is 2.03. The van der Waals surface area contributed by atoms with Crippen LogP contribution in [0, 0.1) is 17.1 Å². The van der Waals surface area contributed by atoms with Gasteiger partial charge in [-0.2, -0.15) is 5.26 Å². The van der Waals surface area contributed by atoms with Crippen LogP contribution in [0.15, 0.2) is 58.9 Å². The van der Waals surface area contributed by atoms with E-state index >= 15 is 0 Å². The van der Waals surface area contributed by atoms with Gasteiger partial charge in [-0.05, 0) is 29.8 Å². The van der Waals surface area contributed by atoms with Gasteiger partial charge in [0.15, 0.2) is 0 Å². The molecule has 0 aliphatic carbocycles. The third kappa shape index (κ3) is 4.49. The Balaban J connectivity index is 1.87. The molecule has 0 bridgehead atoms. The summed E-state index contributed by atoms with van der Waals surface area (Å²) in [5.74, 6) is -0.246. The molecular formula is C16H14FN3O2. The topological polar surface area (TPSA) is 78.1 Å². The standard InChI is InChI=1S/C16H14FN3O2/c17-14-4-1-3-12(7-14)9-19-10-13(8-18)16(21)20-11-15-5-2-6-22-15/h1-7,10,19H,9,11H2,(H,20,21)/b13-10-. The highest BCUT2D eigenvalue weighted by atomic mass is 19.1. The lowest BCUT2D eigenvalue weighted by atomic mass is 10.2. The van der Waals surface area contributed by atoms with E-state index in [2.05, 4.69) is 10.6 Å². The number of carbonyl (C=O) groups is 1. The number of nitrogens with one attached hydrogen (secondary N) is 2. The zero-order valence-corrected chi connectivity index (χ0v) is 11.7. The van der Waals surface area contributed by atoms with Gasteiger partial charge in [0.1, 0.15) is 23.2 Å². The Bertz CT molecular complexity index is 702. The summed E-state index contributed by atoms with van der Waals surface area (Å²) in [6.07, 6.45) is 2.81. The molecule has 2 aromatic rings. The Morgan fingerprint density at radius 2 is 2.18 bits per heavy atom. The van der Waals surface area contributed by atoms with Crippen LogP contribution in [0.5, 0.6) is 0 Å². The fourth-order valence-corrected chi connectivity index (χ4v) is 1.74. The van der Waals surface area contributed by atoms with Crippen LogP contribution < -0.4 is 10.6 Å². The highest BCUT2D eigenvalue weighted by molar-refractivity contribution is 5.97. The molecule has 5 nitrogen and oxygen atoms in total. The van der Waals surface area contributed by atoms with E-state index in [-0.39, 0.29) is 17.9 Å². The monoisotopic (exact) mass is 299 g/mol. The summed E-state index contributed by atoms with van der Waals surface area (Å²) in [4.78, 5) is 11.8. The van der Waals surface area contributed by atoms with Crippen molar-refractivity contribution < 1.29 is 13.6 Å². The minimum Gasteiger partial charge on any atom is -0.467 e. The van der Waals surface area contributed by atoms with E-state index in [4.69, 9.17) is 9.68 Å². The van der Waals surface area contributed by atoms with E-state index in [0.29, 0.717) is 17.9 Å². The molecule has 0 atom stereocenters. The van der Waals surface area contributed by atoms with Crippen LogP contribution in [-0.4, -0.2) is 5.91 Å². The summed E-state index contributed by atoms with van der Waals surface area (Å²) >= 11 is 0. The third-order valence-corrected chi connectivity index (χ3v) is 2.81. The molecule has 1 aromatic heterocycles. The van der Waals surface area contributed by atoms with Gasteiger partial charge in [-0.15, -0.1) is 0 Å². The maximum absolute atomic E-state index is 13.0. The first-order valence-electron chi connectivity index (χ1n) is 6.57. The Kier molecular flexibility index (Phi) is 5.32. The average molecular weight is 299 g/mol. The number of nitrogens with zero attached hydrogens (tertiary/aromatic N) is 1. The number of halogens is 1. The van der Waals surface area contributed by atoms with Crippen molar-refractivity contribution in [1.29, 1.82) is 5.26 Å². The van der Waals surface area contributed by atoms with Crippen molar-refractivity contribution in [3.05, 3.63) is 71.6 Å². The number of hydrogen-bond acceptors (Lipinski definition) is 4. The molecule has 112 valence electrons. The smallest absolute Gasteiger partial charge is 0.263 e. The molecule has 1 amide bonds. The van der Waals surface area contributed by atoms with Gasteiger partial charge in [0.05, 0.1) is 12.8 Å². The second-order valence-corrected chi connectivity index (χ2v) is 4.44. The van der Waals surface area contributed by atoms with Gasteiger partial charge in [-0.3, -0.25) is 4.79 Å². The highest BCUT2D eigenvalue weighted by Gasteiger charge is 2.08. The summed E-state index contributed by atoms with van der Waals surface area (Å²) in [6.45, 7) is 0.517. The number of carbonyl (C=O) groups excluding carboxylic acids is 1. The predicted octanol–water partition coefficient (Wildman–Crippen LogP) is 2.23. The molecule has 22 heavy (non-hydrogen) atoms. The molecule has 1 aromatic carbocycles. The molecule has 0 radical (unpaired) electrons. The number of rotatable bonds is 6. The largest absolute Gasteiger partial charge is 0.467 e. The first kappa shape index (κ1) is 15.3. The predicted molar refractivity (Wildman–Crippen MR) is 77.5 cm³/mol. The summed E-state index contributed by atoms with van der Waals surface area (Å²) in [5, 5.41) is 14.4. The minimum atomic E-state index is -0.509. The average Bonchev–Trinajstić information content (AvgIpc) is 3.03. The molecule has 0 aliphatic heterocycles. The molecule has 6 heteroatoms. The van der Waals surface area contributed by atoms with Gasteiger partial charge < -0.3 is 15.1 Å². The Hall–Kier alpha value is -3.07. The number of nitriles is 1. The van der Waals surface area contributed by atoms with Crippen molar-refractivity contribution in [2.75, 3.05) is 0 Å². The number of benzene rings is 1. The summed E-state index contributed by atoms with van der Waals surface area (Å²) in [6, 6.07) is 11.3. The maximum Gasteiger partial charge on any atom is 0.263 e. The molecule has 0 fully saturated rings. The van der Waals surface area contributed by atoms with Crippen LogP contribution in [-0.2, 0) is 17.9 Å². The third-order valence-electron chi connectivity index (χ3n) is 2.81. The minimum absolute atomic E-state index is 0.0667. The molecule has 2 rings (SSSR count). The molecule has 0 unspecified atom stereocenters. The van der Waals surface area contributed by atoms with Crippen LogP contribution in [0.1, 0.15) is 11.3 Å². The molecular weight excluding hydrogens is 285 g/mol. The first-order valence-corrected chi connectivity index (χ1v) is 6.57. The zero-order chi connectivity index (χ0) is 15.8. The lowest BCUT2D eigenvalue weighted by Gasteiger charge is -2.04. The normalized spacial score (nSPS) is 10.8. The van der Waals surface area contributed by atoms with Gasteiger partial charge in [-0.1, -0.05) is 12.1 Å². The number of hydrogen-bond donors (Lipinski definition) is 2. The SMILES string of the molecule is N#C/C(=C/NCc1cccc(F)c1)C(=O)NCc1ccco1. The van der Waals surface area contributed by atoms with Crippen LogP contribution in [0.25, 0.3) is 0 Å². The number of furan rings is 1. The Morgan fingerprint density at radius 1 is 1.32 bits per heavy atom. The van der Waals surface area contributed by atoms with Crippen LogP contribution in [0.2, 0.25) is 0 Å². The fraction of sp³-hybridized carbons (Fsp3) is 0.125. The van der Waals surface area contributed by atoms with Gasteiger partial charge in [0.25, 0.3) is 5.91 Å². The Labute approximate surface area is 127 Å². The summed E-state index contributed by atoms with van der Waals surface area (Å²) < 4.78 is 18.1. The molecule has 0 saturated heterocycles. The van der Waals surface area contributed by atoms with Crippen molar-refractivity contribution in [3.8, 4) is 6.07 Å². The van der Waals surface area contributed by atoms with Crippen molar-refractivity contribution in [1.82, 2.24) is 10.6 Å². The molecule has 1 heterocycles.